The molecule has 1 fully saturated rings. The fourth-order valence-corrected chi connectivity index (χ4v) is 2.25. The van der Waals surface area contributed by atoms with Gasteiger partial charge in [0.2, 0.25) is 0 Å². The Morgan fingerprint density at radius 3 is 2.73 bits per heavy atom. The fraction of sp³-hybridized carbons (Fsp3) is 0.700. The van der Waals surface area contributed by atoms with Crippen LogP contribution in [0.15, 0.2) is 11.3 Å². The van der Waals surface area contributed by atoms with Gasteiger partial charge in [-0.1, -0.05) is 0 Å². The summed E-state index contributed by atoms with van der Waals surface area (Å²) in [5, 5.41) is 28.8. The van der Waals surface area contributed by atoms with Crippen LogP contribution in [0.4, 0.5) is 0 Å². The van der Waals surface area contributed by atoms with Crippen LogP contribution >= 0.6 is 0 Å². The zero-order valence-corrected chi connectivity index (χ0v) is 8.38. The maximum absolute atomic E-state index is 11.5. The lowest BCUT2D eigenvalue weighted by molar-refractivity contribution is -0.161. The summed E-state index contributed by atoms with van der Waals surface area (Å²) in [7, 11) is 0. The van der Waals surface area contributed by atoms with Crippen molar-refractivity contribution in [3.05, 3.63) is 11.3 Å². The Labute approximate surface area is 87.0 Å². The van der Waals surface area contributed by atoms with E-state index in [9.17, 15) is 20.1 Å². The van der Waals surface area contributed by atoms with Crippen LogP contribution < -0.4 is 0 Å². The highest BCUT2D eigenvalue weighted by molar-refractivity contribution is 5.91. The number of rotatable bonds is 0. The molecule has 15 heavy (non-hydrogen) atoms. The van der Waals surface area contributed by atoms with Crippen LogP contribution in [0.3, 0.4) is 0 Å². The van der Waals surface area contributed by atoms with Gasteiger partial charge in [-0.2, -0.15) is 0 Å². The fourth-order valence-electron chi connectivity index (χ4n) is 2.25. The first kappa shape index (κ1) is 10.4. The van der Waals surface area contributed by atoms with E-state index in [1.54, 1.807) is 6.92 Å². The van der Waals surface area contributed by atoms with Crippen molar-refractivity contribution in [3.63, 3.8) is 0 Å². The molecular weight excluding hydrogens is 200 g/mol. The van der Waals surface area contributed by atoms with Gasteiger partial charge in [0.1, 0.15) is 11.9 Å². The van der Waals surface area contributed by atoms with Crippen molar-refractivity contribution in [2.24, 2.45) is 5.92 Å². The van der Waals surface area contributed by atoms with Crippen LogP contribution in [-0.2, 0) is 9.53 Å². The van der Waals surface area contributed by atoms with Gasteiger partial charge in [0.25, 0.3) is 0 Å². The molecule has 5 nitrogen and oxygen atoms in total. The monoisotopic (exact) mass is 214 g/mol. The van der Waals surface area contributed by atoms with E-state index < -0.39 is 30.2 Å². The highest BCUT2D eigenvalue weighted by atomic mass is 16.6. The molecular formula is C10H14O5. The quantitative estimate of drug-likeness (QED) is 0.489. The largest absolute Gasteiger partial charge is 0.512 e. The van der Waals surface area contributed by atoms with E-state index in [4.69, 9.17) is 4.74 Å². The van der Waals surface area contributed by atoms with Gasteiger partial charge in [-0.05, 0) is 13.3 Å². The van der Waals surface area contributed by atoms with Crippen LogP contribution in [0, 0.1) is 5.92 Å². The number of hydrogen-bond acceptors (Lipinski definition) is 5. The zero-order valence-electron chi connectivity index (χ0n) is 8.38. The first-order valence-corrected chi connectivity index (χ1v) is 4.99. The maximum Gasteiger partial charge on any atom is 0.338 e. The number of aliphatic hydroxyl groups is 3. The van der Waals surface area contributed by atoms with Crippen LogP contribution in [0.1, 0.15) is 19.8 Å². The van der Waals surface area contributed by atoms with Crippen LogP contribution in [0.2, 0.25) is 0 Å². The highest BCUT2D eigenvalue weighted by Gasteiger charge is 2.44. The lowest BCUT2D eigenvalue weighted by Gasteiger charge is -2.38. The first-order valence-electron chi connectivity index (χ1n) is 4.99. The molecule has 0 bridgehead atoms. The number of carbonyl (C=O) groups excluding carboxylic acids is 1. The lowest BCUT2D eigenvalue weighted by atomic mass is 9.78. The smallest absolute Gasteiger partial charge is 0.338 e. The minimum absolute atomic E-state index is 0.0576. The third kappa shape index (κ3) is 1.61. The van der Waals surface area contributed by atoms with Gasteiger partial charge in [0.15, 0.2) is 0 Å². The van der Waals surface area contributed by atoms with Gasteiger partial charge < -0.3 is 20.1 Å². The Morgan fingerprint density at radius 2 is 2.07 bits per heavy atom. The molecule has 0 aromatic rings. The second kappa shape index (κ2) is 3.50. The van der Waals surface area contributed by atoms with E-state index in [0.717, 1.165) is 0 Å². The number of hydrogen-bond donors (Lipinski definition) is 3. The molecule has 0 aromatic carbocycles. The average molecular weight is 214 g/mol. The number of cyclic esters (lactones) is 1. The molecule has 0 unspecified atom stereocenters. The summed E-state index contributed by atoms with van der Waals surface area (Å²) in [6.07, 6.45) is -1.80. The molecule has 2 rings (SSSR count). The van der Waals surface area contributed by atoms with Gasteiger partial charge in [-0.25, -0.2) is 4.79 Å². The minimum atomic E-state index is -0.852. The van der Waals surface area contributed by atoms with E-state index in [1.807, 2.05) is 0 Å². The van der Waals surface area contributed by atoms with E-state index in [1.165, 1.54) is 0 Å². The van der Waals surface area contributed by atoms with Crippen LogP contribution in [0.25, 0.3) is 0 Å². The van der Waals surface area contributed by atoms with Gasteiger partial charge in [-0.3, -0.25) is 0 Å². The average Bonchev–Trinajstić information content (AvgIpc) is 2.12. The SMILES string of the molecule is C[C@H]1OC(=O)C2=C(O)C[C@H](O)C[C@H]2[C@@H]1O. The van der Waals surface area contributed by atoms with Crippen molar-refractivity contribution >= 4 is 5.97 Å². The second-order valence-corrected chi connectivity index (χ2v) is 4.16. The summed E-state index contributed by atoms with van der Waals surface area (Å²) in [5.74, 6) is -1.25. The van der Waals surface area contributed by atoms with E-state index in [2.05, 4.69) is 0 Å². The summed E-state index contributed by atoms with van der Waals surface area (Å²) in [4.78, 5) is 11.5. The normalized spacial score (nSPS) is 41.1. The maximum atomic E-state index is 11.5. The molecule has 4 atom stereocenters. The molecule has 0 amide bonds. The van der Waals surface area contributed by atoms with Crippen LogP contribution in [-0.4, -0.2) is 39.6 Å². The summed E-state index contributed by atoms with van der Waals surface area (Å²) in [6.45, 7) is 1.59. The molecule has 1 aliphatic heterocycles. The van der Waals surface area contributed by atoms with Crippen molar-refractivity contribution in [2.75, 3.05) is 0 Å². The van der Waals surface area contributed by atoms with Crippen molar-refractivity contribution in [1.82, 2.24) is 0 Å². The minimum Gasteiger partial charge on any atom is -0.512 e. The zero-order chi connectivity index (χ0) is 11.2. The molecule has 2 aliphatic rings. The number of aliphatic hydroxyl groups excluding tert-OH is 3. The number of ether oxygens (including phenoxy) is 1. The van der Waals surface area contributed by atoms with Gasteiger partial charge in [0.05, 0.1) is 17.8 Å². The molecule has 1 heterocycles. The third-order valence-corrected chi connectivity index (χ3v) is 3.04. The summed E-state index contributed by atoms with van der Waals surface area (Å²) < 4.78 is 4.89. The predicted octanol–water partition coefficient (Wildman–Crippen LogP) is -0.124. The van der Waals surface area contributed by atoms with Gasteiger partial charge in [-0.15, -0.1) is 0 Å². The number of fused-ring (bicyclic) bond motifs is 1. The molecule has 0 spiro atoms. The van der Waals surface area contributed by atoms with E-state index in [0.29, 0.717) is 6.42 Å². The van der Waals surface area contributed by atoms with E-state index in [-0.39, 0.29) is 17.8 Å². The van der Waals surface area contributed by atoms with Crippen LogP contribution in [0.5, 0.6) is 0 Å². The molecule has 1 aliphatic carbocycles. The number of esters is 1. The second-order valence-electron chi connectivity index (χ2n) is 4.16. The third-order valence-electron chi connectivity index (χ3n) is 3.04. The molecule has 1 saturated heterocycles. The standard InChI is InChI=1S/C10H14O5/c1-4-9(13)6-2-5(11)3-7(12)8(6)10(14)15-4/h4-6,9,11-13H,2-3H2,1H3/t4-,5-,6-,9-/m1/s1. The van der Waals surface area contributed by atoms with Gasteiger partial charge >= 0.3 is 5.97 Å². The molecule has 84 valence electrons. The summed E-state index contributed by atoms with van der Waals surface area (Å²) in [5.41, 5.74) is 0.130. The number of carbonyl (C=O) groups is 1. The van der Waals surface area contributed by atoms with Crippen molar-refractivity contribution < 1.29 is 24.9 Å². The Kier molecular flexibility index (Phi) is 2.44. The Hall–Kier alpha value is -1.07. The Bertz CT molecular complexity index is 322. The molecule has 5 heteroatoms. The molecule has 0 radical (unpaired) electrons. The highest BCUT2D eigenvalue weighted by Crippen LogP contribution is 2.37. The van der Waals surface area contributed by atoms with Crippen molar-refractivity contribution in [1.29, 1.82) is 0 Å². The Morgan fingerprint density at radius 1 is 1.40 bits per heavy atom. The topological polar surface area (TPSA) is 87.0 Å². The summed E-state index contributed by atoms with van der Waals surface area (Å²) >= 11 is 0. The van der Waals surface area contributed by atoms with E-state index >= 15 is 0 Å². The lowest BCUT2D eigenvalue weighted by Crippen LogP contribution is -2.46. The molecule has 0 saturated carbocycles. The predicted molar refractivity (Wildman–Crippen MR) is 49.9 cm³/mol. The molecule has 0 aromatic heterocycles. The first-order chi connectivity index (χ1) is 7.00. The van der Waals surface area contributed by atoms with Gasteiger partial charge in [0, 0.05) is 12.3 Å². The molecule has 3 N–H and O–H groups in total. The van der Waals surface area contributed by atoms with Crippen molar-refractivity contribution in [3.8, 4) is 0 Å². The summed E-state index contributed by atoms with van der Waals surface area (Å²) in [6, 6.07) is 0. The Balaban J connectivity index is 2.37. The van der Waals surface area contributed by atoms with Crippen molar-refractivity contribution in [2.45, 2.75) is 38.1 Å².